The molecule has 2 fully saturated rings. The van der Waals surface area contributed by atoms with E-state index < -0.39 is 0 Å². The van der Waals surface area contributed by atoms with E-state index in [2.05, 4.69) is 17.0 Å². The van der Waals surface area contributed by atoms with Crippen molar-refractivity contribution in [2.45, 2.75) is 24.7 Å². The van der Waals surface area contributed by atoms with Crippen LogP contribution < -0.4 is 0 Å². The Morgan fingerprint density at radius 1 is 1.22 bits per heavy atom. The average molecular weight is 266 g/mol. The lowest BCUT2D eigenvalue weighted by Crippen LogP contribution is -2.55. The Kier molecular flexibility index (Phi) is 3.35. The number of benzene rings is 1. The van der Waals surface area contributed by atoms with Gasteiger partial charge in [-0.2, -0.15) is 0 Å². The van der Waals surface area contributed by atoms with Crippen molar-refractivity contribution in [1.82, 2.24) is 4.90 Å². The lowest BCUT2D eigenvalue weighted by Gasteiger charge is -2.50. The Bertz CT molecular complexity index is 407. The van der Waals surface area contributed by atoms with Gasteiger partial charge in [0.15, 0.2) is 0 Å². The van der Waals surface area contributed by atoms with Gasteiger partial charge in [0.1, 0.15) is 0 Å². The molecule has 98 valence electrons. The lowest BCUT2D eigenvalue weighted by molar-refractivity contribution is 0.0190. The molecule has 0 atom stereocenters. The van der Waals surface area contributed by atoms with Crippen molar-refractivity contribution in [2.24, 2.45) is 5.92 Å². The van der Waals surface area contributed by atoms with Gasteiger partial charge in [-0.3, -0.25) is 0 Å². The first-order valence-electron chi connectivity index (χ1n) is 6.81. The van der Waals surface area contributed by atoms with Crippen molar-refractivity contribution < 1.29 is 5.11 Å². The molecule has 1 N–H and O–H groups in total. The van der Waals surface area contributed by atoms with E-state index in [0.29, 0.717) is 17.9 Å². The fourth-order valence-electron chi connectivity index (χ4n) is 3.29. The first-order valence-corrected chi connectivity index (χ1v) is 7.19. The summed E-state index contributed by atoms with van der Waals surface area (Å²) in [6.07, 6.45) is 3.91. The van der Waals surface area contributed by atoms with Crippen LogP contribution in [0.5, 0.6) is 0 Å². The van der Waals surface area contributed by atoms with E-state index >= 15 is 0 Å². The predicted molar refractivity (Wildman–Crippen MR) is 74.0 cm³/mol. The SMILES string of the molecule is OCC1CN(CC2(c3ccc(Cl)cc3)CCC2)C1. The maximum Gasteiger partial charge on any atom is 0.0483 e. The first kappa shape index (κ1) is 12.5. The molecule has 0 bridgehead atoms. The Morgan fingerprint density at radius 2 is 1.89 bits per heavy atom. The van der Waals surface area contributed by atoms with Gasteiger partial charge in [-0.25, -0.2) is 0 Å². The zero-order valence-electron chi connectivity index (χ0n) is 10.6. The standard InChI is InChI=1S/C15H20ClNO/c16-14-4-2-13(3-5-14)15(6-1-7-15)11-17-8-12(9-17)10-18/h2-5,12,18H,1,6-11H2. The predicted octanol–water partition coefficient (Wildman–Crippen LogP) is 2.69. The summed E-state index contributed by atoms with van der Waals surface area (Å²) < 4.78 is 0. The first-order chi connectivity index (χ1) is 8.72. The van der Waals surface area contributed by atoms with Gasteiger partial charge in [0.25, 0.3) is 0 Å². The Morgan fingerprint density at radius 3 is 2.39 bits per heavy atom. The largest absolute Gasteiger partial charge is 0.396 e. The Labute approximate surface area is 114 Å². The van der Waals surface area contributed by atoms with Crippen LogP contribution in [-0.4, -0.2) is 36.2 Å². The molecule has 1 heterocycles. The molecule has 1 saturated heterocycles. The van der Waals surface area contributed by atoms with Crippen LogP contribution in [0.3, 0.4) is 0 Å². The summed E-state index contributed by atoms with van der Waals surface area (Å²) >= 11 is 5.97. The van der Waals surface area contributed by atoms with Gasteiger partial charge in [-0.05, 0) is 30.5 Å². The second-order valence-corrected chi connectivity index (χ2v) is 6.32. The molecule has 1 aromatic carbocycles. The third-order valence-electron chi connectivity index (χ3n) is 4.58. The second-order valence-electron chi connectivity index (χ2n) is 5.88. The summed E-state index contributed by atoms with van der Waals surface area (Å²) in [5, 5.41) is 9.90. The maximum absolute atomic E-state index is 9.08. The van der Waals surface area contributed by atoms with E-state index in [1.807, 2.05) is 12.1 Å². The van der Waals surface area contributed by atoms with Crippen LogP contribution >= 0.6 is 11.6 Å². The molecular weight excluding hydrogens is 246 g/mol. The molecule has 3 heteroatoms. The van der Waals surface area contributed by atoms with Crippen LogP contribution in [0.25, 0.3) is 0 Å². The molecular formula is C15H20ClNO. The van der Waals surface area contributed by atoms with Gasteiger partial charge >= 0.3 is 0 Å². The highest BCUT2D eigenvalue weighted by Gasteiger charge is 2.42. The highest BCUT2D eigenvalue weighted by Crippen LogP contribution is 2.45. The van der Waals surface area contributed by atoms with Crippen molar-refractivity contribution in [2.75, 3.05) is 26.2 Å². The van der Waals surface area contributed by atoms with E-state index in [-0.39, 0.29) is 0 Å². The normalized spacial score (nSPS) is 23.4. The molecule has 0 unspecified atom stereocenters. The third-order valence-corrected chi connectivity index (χ3v) is 4.84. The average Bonchev–Trinajstić information content (AvgIpc) is 2.27. The minimum Gasteiger partial charge on any atom is -0.396 e. The van der Waals surface area contributed by atoms with E-state index in [9.17, 15) is 0 Å². The summed E-state index contributed by atoms with van der Waals surface area (Å²) in [6.45, 7) is 3.60. The summed E-state index contributed by atoms with van der Waals surface area (Å²) in [5.74, 6) is 0.507. The van der Waals surface area contributed by atoms with Crippen LogP contribution in [0, 0.1) is 5.92 Å². The summed E-state index contributed by atoms with van der Waals surface area (Å²) in [7, 11) is 0. The summed E-state index contributed by atoms with van der Waals surface area (Å²) in [6, 6.07) is 8.38. The topological polar surface area (TPSA) is 23.5 Å². The molecule has 1 aliphatic heterocycles. The number of hydrogen-bond acceptors (Lipinski definition) is 2. The molecule has 1 saturated carbocycles. The van der Waals surface area contributed by atoms with Gasteiger partial charge in [0, 0.05) is 42.6 Å². The van der Waals surface area contributed by atoms with Crippen LogP contribution in [0.2, 0.25) is 5.02 Å². The summed E-state index contributed by atoms with van der Waals surface area (Å²) in [4.78, 5) is 2.48. The smallest absolute Gasteiger partial charge is 0.0483 e. The van der Waals surface area contributed by atoms with Crippen molar-refractivity contribution in [1.29, 1.82) is 0 Å². The van der Waals surface area contributed by atoms with Crippen molar-refractivity contribution in [3.05, 3.63) is 34.9 Å². The molecule has 0 spiro atoms. The number of halogens is 1. The number of aliphatic hydroxyl groups excluding tert-OH is 1. The molecule has 0 aromatic heterocycles. The number of nitrogens with zero attached hydrogens (tertiary/aromatic N) is 1. The lowest BCUT2D eigenvalue weighted by atomic mass is 9.63. The van der Waals surface area contributed by atoms with E-state index in [1.54, 1.807) is 0 Å². The van der Waals surface area contributed by atoms with E-state index in [0.717, 1.165) is 24.7 Å². The number of aliphatic hydroxyl groups is 1. The molecule has 0 amide bonds. The number of rotatable bonds is 4. The van der Waals surface area contributed by atoms with Crippen LogP contribution in [0.1, 0.15) is 24.8 Å². The Balaban J connectivity index is 1.69. The number of likely N-dealkylation sites (tertiary alicyclic amines) is 1. The zero-order chi connectivity index (χ0) is 12.6. The van der Waals surface area contributed by atoms with Crippen molar-refractivity contribution >= 4 is 11.6 Å². The summed E-state index contributed by atoms with van der Waals surface area (Å²) in [5.41, 5.74) is 1.79. The van der Waals surface area contributed by atoms with Crippen LogP contribution in [0.15, 0.2) is 24.3 Å². The van der Waals surface area contributed by atoms with Gasteiger partial charge in [0.2, 0.25) is 0 Å². The van der Waals surface area contributed by atoms with Gasteiger partial charge in [-0.1, -0.05) is 30.2 Å². The molecule has 18 heavy (non-hydrogen) atoms. The molecule has 2 aliphatic rings. The van der Waals surface area contributed by atoms with Crippen LogP contribution in [0.4, 0.5) is 0 Å². The van der Waals surface area contributed by atoms with Crippen LogP contribution in [-0.2, 0) is 5.41 Å². The molecule has 0 radical (unpaired) electrons. The fourth-order valence-corrected chi connectivity index (χ4v) is 3.42. The zero-order valence-corrected chi connectivity index (χ0v) is 11.4. The molecule has 3 rings (SSSR count). The van der Waals surface area contributed by atoms with Gasteiger partial charge in [-0.15, -0.1) is 0 Å². The monoisotopic (exact) mass is 265 g/mol. The van der Waals surface area contributed by atoms with E-state index in [1.165, 1.54) is 24.8 Å². The molecule has 2 nitrogen and oxygen atoms in total. The molecule has 1 aromatic rings. The second kappa shape index (κ2) is 4.84. The van der Waals surface area contributed by atoms with E-state index in [4.69, 9.17) is 16.7 Å². The maximum atomic E-state index is 9.08. The van der Waals surface area contributed by atoms with Crippen molar-refractivity contribution in [3.8, 4) is 0 Å². The number of hydrogen-bond donors (Lipinski definition) is 1. The highest BCUT2D eigenvalue weighted by molar-refractivity contribution is 6.30. The third kappa shape index (κ3) is 2.18. The van der Waals surface area contributed by atoms with Crippen molar-refractivity contribution in [3.63, 3.8) is 0 Å². The minimum atomic E-state index is 0.338. The van der Waals surface area contributed by atoms with Gasteiger partial charge in [0.05, 0.1) is 0 Å². The Hall–Kier alpha value is -0.570. The molecule has 1 aliphatic carbocycles. The fraction of sp³-hybridized carbons (Fsp3) is 0.600. The quantitative estimate of drug-likeness (QED) is 0.905. The van der Waals surface area contributed by atoms with Gasteiger partial charge < -0.3 is 10.0 Å². The highest BCUT2D eigenvalue weighted by atomic mass is 35.5. The minimum absolute atomic E-state index is 0.338.